The summed E-state index contributed by atoms with van der Waals surface area (Å²) in [6, 6.07) is 6.53. The average Bonchev–Trinajstić information content (AvgIpc) is 3.24. The molecule has 0 N–H and O–H groups in total. The van der Waals surface area contributed by atoms with Gasteiger partial charge in [0.2, 0.25) is 0 Å². The first kappa shape index (κ1) is 25.1. The van der Waals surface area contributed by atoms with E-state index in [0.717, 1.165) is 12.1 Å². The molecule has 2 atom stereocenters. The van der Waals surface area contributed by atoms with Crippen LogP contribution in [0.3, 0.4) is 0 Å². The van der Waals surface area contributed by atoms with Gasteiger partial charge >= 0.3 is 6.18 Å². The van der Waals surface area contributed by atoms with Crippen molar-refractivity contribution >= 4 is 19.7 Å². The van der Waals surface area contributed by atoms with Crippen LogP contribution >= 0.6 is 0 Å². The fourth-order valence-corrected chi connectivity index (χ4v) is 8.13. The Kier molecular flexibility index (Phi) is 6.82. The van der Waals surface area contributed by atoms with E-state index >= 15 is 0 Å². The summed E-state index contributed by atoms with van der Waals surface area (Å²) in [4.78, 5) is 3.32. The van der Waals surface area contributed by atoms with E-state index in [9.17, 15) is 30.0 Å². The van der Waals surface area contributed by atoms with Crippen LogP contribution in [0.1, 0.15) is 43.4 Å². The Morgan fingerprint density at radius 2 is 1.65 bits per heavy atom. The normalized spacial score (nSPS) is 23.8. The van der Waals surface area contributed by atoms with Crippen LogP contribution in [0.4, 0.5) is 13.2 Å². The average molecular weight is 518 g/mol. The number of halogens is 3. The van der Waals surface area contributed by atoms with E-state index in [1.165, 1.54) is 12.3 Å². The number of aryl methyl sites for hydroxylation is 1. The van der Waals surface area contributed by atoms with Gasteiger partial charge in [0.1, 0.15) is 0 Å². The number of hydrogen-bond acceptors (Lipinski definition) is 6. The summed E-state index contributed by atoms with van der Waals surface area (Å²) in [5, 5.41) is -0.986. The molecule has 1 aromatic heterocycles. The van der Waals surface area contributed by atoms with Crippen molar-refractivity contribution in [2.75, 3.05) is 11.5 Å². The predicted molar refractivity (Wildman–Crippen MR) is 121 cm³/mol. The van der Waals surface area contributed by atoms with E-state index in [0.29, 0.717) is 30.5 Å². The fraction of sp³-hybridized carbons (Fsp3) is 0.522. The predicted octanol–water partition coefficient (Wildman–Crippen LogP) is 4.36. The van der Waals surface area contributed by atoms with Crippen molar-refractivity contribution in [3.8, 4) is 11.1 Å². The van der Waals surface area contributed by atoms with Gasteiger partial charge in [0.05, 0.1) is 39.4 Å². The van der Waals surface area contributed by atoms with Crippen molar-refractivity contribution in [2.45, 2.75) is 67.6 Å². The summed E-state index contributed by atoms with van der Waals surface area (Å²) in [5.41, 5.74) is 0.235. The zero-order valence-corrected chi connectivity index (χ0v) is 20.2. The summed E-state index contributed by atoms with van der Waals surface area (Å²) in [5.74, 6) is 0.0643. The van der Waals surface area contributed by atoms with E-state index in [1.807, 2.05) is 0 Å². The van der Waals surface area contributed by atoms with Crippen molar-refractivity contribution in [1.82, 2.24) is 4.98 Å². The van der Waals surface area contributed by atoms with Crippen LogP contribution in [0.25, 0.3) is 11.1 Å². The molecule has 1 saturated carbocycles. The number of sulfone groups is 2. The molecule has 2 heterocycles. The Hall–Kier alpha value is -1.98. The third kappa shape index (κ3) is 5.46. The molecule has 2 aliphatic rings. The van der Waals surface area contributed by atoms with Crippen LogP contribution in [-0.2, 0) is 30.6 Å². The Morgan fingerprint density at radius 3 is 2.29 bits per heavy atom. The van der Waals surface area contributed by atoms with Gasteiger partial charge in [-0.1, -0.05) is 6.07 Å². The van der Waals surface area contributed by atoms with Crippen LogP contribution in [-0.4, -0.2) is 50.8 Å². The Balaban J connectivity index is 1.56. The molecular weight excluding hydrogens is 491 g/mol. The molecule has 0 amide bonds. The first-order chi connectivity index (χ1) is 15.8. The fourth-order valence-electron chi connectivity index (χ4n) is 4.67. The van der Waals surface area contributed by atoms with Crippen molar-refractivity contribution in [2.24, 2.45) is 0 Å². The summed E-state index contributed by atoms with van der Waals surface area (Å²) in [7, 11) is -7.31. The standard InChI is InChI=1S/C23H26F3NO5S2/c1-15-12-17(6-9-27-15)16-2-5-22(21(13-16)23(24,25)26)34(30,31)20-4-3-19(14-20)32-18-7-10-33(28,29)11-8-18/h2,5-6,9,12-13,18-20H,3-4,7-8,10-11,14H2,1H3. The van der Waals surface area contributed by atoms with Gasteiger partial charge in [-0.15, -0.1) is 0 Å². The number of pyridine rings is 1. The second-order valence-corrected chi connectivity index (χ2v) is 13.5. The molecule has 0 radical (unpaired) electrons. The molecule has 1 aromatic carbocycles. The number of ether oxygens (including phenoxy) is 1. The minimum atomic E-state index is -4.84. The number of rotatable bonds is 5. The zero-order chi connectivity index (χ0) is 24.7. The molecule has 1 saturated heterocycles. The van der Waals surface area contributed by atoms with Gasteiger partial charge in [-0.05, 0) is 74.4 Å². The van der Waals surface area contributed by atoms with E-state index < -0.39 is 47.7 Å². The largest absolute Gasteiger partial charge is 0.417 e. The molecule has 0 bridgehead atoms. The van der Waals surface area contributed by atoms with Gasteiger partial charge in [-0.2, -0.15) is 13.2 Å². The first-order valence-electron chi connectivity index (χ1n) is 11.1. The van der Waals surface area contributed by atoms with E-state index in [4.69, 9.17) is 4.74 Å². The van der Waals surface area contributed by atoms with Crippen LogP contribution < -0.4 is 0 Å². The Labute approximate surface area is 197 Å². The summed E-state index contributed by atoms with van der Waals surface area (Å²) in [6.45, 7) is 1.72. The highest BCUT2D eigenvalue weighted by Crippen LogP contribution is 2.41. The van der Waals surface area contributed by atoms with Gasteiger partial charge < -0.3 is 4.74 Å². The van der Waals surface area contributed by atoms with Crippen molar-refractivity contribution in [3.05, 3.63) is 47.8 Å². The number of nitrogens with zero attached hydrogens (tertiary/aromatic N) is 1. The highest BCUT2D eigenvalue weighted by Gasteiger charge is 2.43. The maximum atomic E-state index is 13.9. The van der Waals surface area contributed by atoms with Crippen molar-refractivity contribution < 1.29 is 34.7 Å². The van der Waals surface area contributed by atoms with Crippen LogP contribution in [0, 0.1) is 6.92 Å². The van der Waals surface area contributed by atoms with E-state index in [-0.39, 0.29) is 36.0 Å². The topological polar surface area (TPSA) is 90.4 Å². The number of alkyl halides is 3. The van der Waals surface area contributed by atoms with E-state index in [1.54, 1.807) is 19.1 Å². The molecule has 186 valence electrons. The lowest BCUT2D eigenvalue weighted by atomic mass is 10.0. The second kappa shape index (κ2) is 9.23. The quantitative estimate of drug-likeness (QED) is 0.585. The summed E-state index contributed by atoms with van der Waals surface area (Å²) < 4.78 is 97.5. The molecule has 1 aliphatic carbocycles. The van der Waals surface area contributed by atoms with E-state index in [2.05, 4.69) is 4.98 Å². The molecular formula is C23H26F3NO5S2. The van der Waals surface area contributed by atoms with Gasteiger partial charge in [0, 0.05) is 11.9 Å². The van der Waals surface area contributed by atoms with Gasteiger partial charge in [-0.25, -0.2) is 16.8 Å². The van der Waals surface area contributed by atoms with Gasteiger partial charge in [0.25, 0.3) is 0 Å². The maximum absolute atomic E-state index is 13.9. The summed E-state index contributed by atoms with van der Waals surface area (Å²) >= 11 is 0. The lowest BCUT2D eigenvalue weighted by Gasteiger charge is -2.25. The van der Waals surface area contributed by atoms with Crippen molar-refractivity contribution in [3.63, 3.8) is 0 Å². The number of aromatic nitrogens is 1. The third-order valence-corrected chi connectivity index (χ3v) is 10.5. The molecule has 2 aromatic rings. The lowest BCUT2D eigenvalue weighted by molar-refractivity contribution is -0.139. The molecule has 0 spiro atoms. The molecule has 2 fully saturated rings. The third-order valence-electron chi connectivity index (χ3n) is 6.48. The zero-order valence-electron chi connectivity index (χ0n) is 18.6. The minimum absolute atomic E-state index is 0.0321. The molecule has 4 rings (SSSR count). The first-order valence-corrected chi connectivity index (χ1v) is 14.5. The lowest BCUT2D eigenvalue weighted by Crippen LogP contribution is -2.31. The molecule has 34 heavy (non-hydrogen) atoms. The van der Waals surface area contributed by atoms with Gasteiger partial charge in [-0.3, -0.25) is 4.98 Å². The van der Waals surface area contributed by atoms with Crippen LogP contribution in [0.15, 0.2) is 41.4 Å². The minimum Gasteiger partial charge on any atom is -0.375 e. The van der Waals surface area contributed by atoms with Crippen molar-refractivity contribution in [1.29, 1.82) is 0 Å². The molecule has 2 unspecified atom stereocenters. The monoisotopic (exact) mass is 517 g/mol. The SMILES string of the molecule is Cc1cc(-c2ccc(S(=O)(=O)C3CCC(OC4CCS(=O)(=O)CC4)C3)c(C(F)(F)F)c2)ccn1. The molecule has 1 aliphatic heterocycles. The van der Waals surface area contributed by atoms with Crippen LogP contribution in [0.5, 0.6) is 0 Å². The second-order valence-electron chi connectivity index (χ2n) is 8.98. The Bertz CT molecular complexity index is 1260. The maximum Gasteiger partial charge on any atom is 0.417 e. The van der Waals surface area contributed by atoms with Crippen LogP contribution in [0.2, 0.25) is 0 Å². The molecule has 11 heteroatoms. The number of hydrogen-bond donors (Lipinski definition) is 0. The number of benzene rings is 1. The molecule has 6 nitrogen and oxygen atoms in total. The van der Waals surface area contributed by atoms with Gasteiger partial charge in [0.15, 0.2) is 19.7 Å². The highest BCUT2D eigenvalue weighted by molar-refractivity contribution is 7.92. The highest BCUT2D eigenvalue weighted by atomic mass is 32.2. The Morgan fingerprint density at radius 1 is 0.971 bits per heavy atom. The summed E-state index contributed by atoms with van der Waals surface area (Å²) in [6.07, 6.45) is -2.65. The smallest absolute Gasteiger partial charge is 0.375 e.